The Morgan fingerprint density at radius 1 is 1.09 bits per heavy atom. The highest BCUT2D eigenvalue weighted by atomic mass is 16.5. The summed E-state index contributed by atoms with van der Waals surface area (Å²) in [6.45, 7) is 1.48. The SMILES string of the molecule is COc1cccc(C(=O)Nc2ccccc2C(=O)OCc2cc(=O)n3oc(C)cc3n2)c1. The minimum absolute atomic E-state index is 0.167. The van der Waals surface area contributed by atoms with Crippen molar-refractivity contribution in [1.29, 1.82) is 0 Å². The molecule has 4 aromatic rings. The summed E-state index contributed by atoms with van der Waals surface area (Å²) in [6.07, 6.45) is 0. The Morgan fingerprint density at radius 3 is 2.72 bits per heavy atom. The van der Waals surface area contributed by atoms with Gasteiger partial charge in [-0.15, -0.1) is 4.57 Å². The molecule has 0 fully saturated rings. The van der Waals surface area contributed by atoms with Crippen molar-refractivity contribution < 1.29 is 23.6 Å². The lowest BCUT2D eigenvalue weighted by Crippen LogP contribution is -2.17. The highest BCUT2D eigenvalue weighted by Crippen LogP contribution is 2.19. The number of amides is 1. The third-order valence-corrected chi connectivity index (χ3v) is 4.60. The molecular formula is C23H19N3O6. The van der Waals surface area contributed by atoms with E-state index in [9.17, 15) is 14.4 Å². The summed E-state index contributed by atoms with van der Waals surface area (Å²) < 4.78 is 16.8. The van der Waals surface area contributed by atoms with Crippen LogP contribution in [-0.4, -0.2) is 28.5 Å². The fraction of sp³-hybridized carbons (Fsp3) is 0.130. The Balaban J connectivity index is 1.50. The highest BCUT2D eigenvalue weighted by molar-refractivity contribution is 6.08. The molecule has 162 valence electrons. The summed E-state index contributed by atoms with van der Waals surface area (Å²) >= 11 is 0. The van der Waals surface area contributed by atoms with Crippen LogP contribution in [0.1, 0.15) is 32.2 Å². The Morgan fingerprint density at radius 2 is 1.91 bits per heavy atom. The lowest BCUT2D eigenvalue weighted by Gasteiger charge is -2.11. The molecule has 0 spiro atoms. The monoisotopic (exact) mass is 433 g/mol. The van der Waals surface area contributed by atoms with Gasteiger partial charge in [0.25, 0.3) is 11.5 Å². The number of carbonyl (C=O) groups is 2. The number of anilines is 1. The molecule has 4 rings (SSSR count). The van der Waals surface area contributed by atoms with Crippen molar-refractivity contribution in [3.63, 3.8) is 0 Å². The lowest BCUT2D eigenvalue weighted by atomic mass is 10.1. The number of hydrogen-bond acceptors (Lipinski definition) is 7. The Kier molecular flexibility index (Phi) is 5.71. The third kappa shape index (κ3) is 4.36. The van der Waals surface area contributed by atoms with Gasteiger partial charge in [-0.2, -0.15) is 0 Å². The molecule has 0 aliphatic heterocycles. The van der Waals surface area contributed by atoms with Gasteiger partial charge in [-0.05, 0) is 37.3 Å². The lowest BCUT2D eigenvalue weighted by molar-refractivity contribution is 0.0469. The molecule has 0 bridgehead atoms. The molecule has 32 heavy (non-hydrogen) atoms. The highest BCUT2D eigenvalue weighted by Gasteiger charge is 2.17. The molecule has 0 atom stereocenters. The smallest absolute Gasteiger partial charge is 0.340 e. The van der Waals surface area contributed by atoms with E-state index in [1.807, 2.05) is 0 Å². The van der Waals surface area contributed by atoms with Crippen LogP contribution in [0.4, 0.5) is 5.69 Å². The topological polar surface area (TPSA) is 112 Å². The number of ether oxygens (including phenoxy) is 2. The number of hydrogen-bond donors (Lipinski definition) is 1. The number of aromatic nitrogens is 2. The maximum atomic E-state index is 12.7. The number of carbonyl (C=O) groups excluding carboxylic acids is 2. The number of benzene rings is 2. The van der Waals surface area contributed by atoms with Gasteiger partial charge >= 0.3 is 5.97 Å². The fourth-order valence-corrected chi connectivity index (χ4v) is 3.09. The summed E-state index contributed by atoms with van der Waals surface area (Å²) in [5.74, 6) is -0.000446. The van der Waals surface area contributed by atoms with E-state index >= 15 is 0 Å². The first-order valence-electron chi connectivity index (χ1n) is 9.66. The second kappa shape index (κ2) is 8.76. The predicted octanol–water partition coefficient (Wildman–Crippen LogP) is 3.21. The number of para-hydroxylation sites is 1. The quantitative estimate of drug-likeness (QED) is 0.465. The zero-order valence-electron chi connectivity index (χ0n) is 17.3. The van der Waals surface area contributed by atoms with Gasteiger partial charge in [0.2, 0.25) is 0 Å². The van der Waals surface area contributed by atoms with E-state index in [4.69, 9.17) is 14.0 Å². The number of nitrogens with one attached hydrogen (secondary N) is 1. The van der Waals surface area contributed by atoms with E-state index in [0.717, 1.165) is 4.57 Å². The normalized spacial score (nSPS) is 10.7. The van der Waals surface area contributed by atoms with Crippen LogP contribution < -0.4 is 15.6 Å². The molecular weight excluding hydrogens is 414 g/mol. The van der Waals surface area contributed by atoms with Gasteiger partial charge in [0.05, 0.1) is 24.1 Å². The van der Waals surface area contributed by atoms with E-state index in [1.165, 1.54) is 19.2 Å². The Labute approximate surface area is 182 Å². The summed E-state index contributed by atoms with van der Waals surface area (Å²) in [5, 5.41) is 2.72. The Hall–Kier alpha value is -4.40. The van der Waals surface area contributed by atoms with Crippen LogP contribution in [-0.2, 0) is 11.3 Å². The molecule has 1 amide bonds. The maximum Gasteiger partial charge on any atom is 0.340 e. The van der Waals surface area contributed by atoms with Crippen molar-refractivity contribution in [2.24, 2.45) is 0 Å². The van der Waals surface area contributed by atoms with Gasteiger partial charge < -0.3 is 19.3 Å². The summed E-state index contributed by atoms with van der Waals surface area (Å²) in [7, 11) is 1.51. The van der Waals surface area contributed by atoms with E-state index in [0.29, 0.717) is 28.4 Å². The van der Waals surface area contributed by atoms with Crippen molar-refractivity contribution >= 4 is 23.2 Å². The van der Waals surface area contributed by atoms with E-state index in [1.54, 1.807) is 55.5 Å². The largest absolute Gasteiger partial charge is 0.497 e. The second-order valence-corrected chi connectivity index (χ2v) is 6.89. The van der Waals surface area contributed by atoms with Crippen molar-refractivity contribution in [1.82, 2.24) is 9.56 Å². The molecule has 2 aromatic heterocycles. The van der Waals surface area contributed by atoms with Crippen molar-refractivity contribution in [3.8, 4) is 5.75 Å². The molecule has 0 radical (unpaired) electrons. The number of aryl methyl sites for hydroxylation is 1. The van der Waals surface area contributed by atoms with Crippen molar-refractivity contribution in [2.45, 2.75) is 13.5 Å². The van der Waals surface area contributed by atoms with E-state index in [-0.39, 0.29) is 17.9 Å². The molecule has 2 aromatic carbocycles. The van der Waals surface area contributed by atoms with Crippen LogP contribution in [0, 0.1) is 6.92 Å². The third-order valence-electron chi connectivity index (χ3n) is 4.60. The number of esters is 1. The first kappa shape index (κ1) is 20.9. The first-order valence-corrected chi connectivity index (χ1v) is 9.66. The van der Waals surface area contributed by atoms with Gasteiger partial charge in [0, 0.05) is 17.7 Å². The average molecular weight is 433 g/mol. The summed E-state index contributed by atoms with van der Waals surface area (Å²) in [6, 6.07) is 16.0. The standard InChI is InChI=1S/C23H19N3O6/c1-14-10-20-24-16(12-21(27)26(20)32-14)13-31-23(29)18-8-3-4-9-19(18)25-22(28)15-6-5-7-17(11-15)30-2/h3-12H,13H2,1-2H3,(H,25,28). The van der Waals surface area contributed by atoms with Crippen LogP contribution in [0.5, 0.6) is 5.75 Å². The number of fused-ring (bicyclic) bond motifs is 1. The molecule has 9 nitrogen and oxygen atoms in total. The fourth-order valence-electron chi connectivity index (χ4n) is 3.09. The molecule has 0 saturated heterocycles. The van der Waals surface area contributed by atoms with Crippen LogP contribution in [0.3, 0.4) is 0 Å². The molecule has 0 saturated carbocycles. The minimum atomic E-state index is -0.670. The van der Waals surface area contributed by atoms with E-state index < -0.39 is 17.4 Å². The van der Waals surface area contributed by atoms with Crippen LogP contribution >= 0.6 is 0 Å². The Bertz CT molecular complexity index is 1370. The van der Waals surface area contributed by atoms with Crippen LogP contribution in [0.2, 0.25) is 0 Å². The molecule has 0 aliphatic carbocycles. The minimum Gasteiger partial charge on any atom is -0.497 e. The molecule has 2 heterocycles. The van der Waals surface area contributed by atoms with Crippen molar-refractivity contribution in [2.75, 3.05) is 12.4 Å². The summed E-state index contributed by atoms with van der Waals surface area (Å²) in [5.41, 5.74) is 1.02. The van der Waals surface area contributed by atoms with Gasteiger partial charge in [0.1, 0.15) is 18.1 Å². The number of methoxy groups -OCH3 is 1. The zero-order valence-corrected chi connectivity index (χ0v) is 17.3. The summed E-state index contributed by atoms with van der Waals surface area (Å²) in [4.78, 5) is 41.7. The number of nitrogens with zero attached hydrogens (tertiary/aromatic N) is 2. The molecule has 1 N–H and O–H groups in total. The van der Waals surface area contributed by atoms with Gasteiger partial charge in [-0.3, -0.25) is 9.59 Å². The maximum absolute atomic E-state index is 12.7. The second-order valence-electron chi connectivity index (χ2n) is 6.89. The molecule has 0 unspecified atom stereocenters. The molecule has 0 aliphatic rings. The van der Waals surface area contributed by atoms with Crippen LogP contribution in [0.25, 0.3) is 5.65 Å². The zero-order chi connectivity index (χ0) is 22.7. The van der Waals surface area contributed by atoms with Gasteiger partial charge in [-0.1, -0.05) is 18.2 Å². The van der Waals surface area contributed by atoms with Gasteiger partial charge in [-0.25, -0.2) is 9.78 Å². The molecule has 9 heteroatoms. The number of rotatable bonds is 6. The first-order chi connectivity index (χ1) is 15.4. The van der Waals surface area contributed by atoms with E-state index in [2.05, 4.69) is 10.3 Å². The predicted molar refractivity (Wildman–Crippen MR) is 115 cm³/mol. The van der Waals surface area contributed by atoms with Crippen LogP contribution in [0.15, 0.2) is 70.0 Å². The average Bonchev–Trinajstić information content (AvgIpc) is 3.18. The van der Waals surface area contributed by atoms with Crippen molar-refractivity contribution in [3.05, 3.63) is 93.6 Å². The van der Waals surface area contributed by atoms with Gasteiger partial charge in [0.15, 0.2) is 5.65 Å².